The first-order chi connectivity index (χ1) is 6.59. The average molecular weight is 229 g/mol. The normalized spacial score (nSPS) is 10.7. The predicted octanol–water partition coefficient (Wildman–Crippen LogP) is 2.10. The molecule has 0 bridgehead atoms. The Morgan fingerprint density at radius 2 is 1.64 bits per heavy atom. The molecule has 0 amide bonds. The summed E-state index contributed by atoms with van der Waals surface area (Å²) in [5.41, 5.74) is 11.6. The zero-order valence-electron chi connectivity index (χ0n) is 6.96. The molecule has 1 aromatic heterocycles. The molecule has 2 aromatic rings. The van der Waals surface area contributed by atoms with Gasteiger partial charge in [0, 0.05) is 0 Å². The van der Waals surface area contributed by atoms with Crippen molar-refractivity contribution in [3.8, 4) is 0 Å². The highest BCUT2D eigenvalue weighted by molar-refractivity contribution is 6.40. The second kappa shape index (κ2) is 3.15. The summed E-state index contributed by atoms with van der Waals surface area (Å²) in [6.07, 6.45) is 0. The molecule has 0 atom stereocenters. The Balaban J connectivity index is 3.00. The highest BCUT2D eigenvalue weighted by Crippen LogP contribution is 2.31. The first kappa shape index (κ1) is 9.30. The molecule has 2 rings (SSSR count). The molecular weight excluding hydrogens is 223 g/mol. The van der Waals surface area contributed by atoms with Crippen LogP contribution in [-0.4, -0.2) is 9.97 Å². The number of nitrogens with two attached hydrogens (primary N) is 2. The van der Waals surface area contributed by atoms with Crippen LogP contribution in [0.3, 0.4) is 0 Å². The van der Waals surface area contributed by atoms with Crippen molar-refractivity contribution in [3.05, 3.63) is 22.2 Å². The molecule has 4 N–H and O–H groups in total. The lowest BCUT2D eigenvalue weighted by molar-refractivity contribution is 1.25. The van der Waals surface area contributed by atoms with Gasteiger partial charge in [-0.15, -0.1) is 0 Å². The lowest BCUT2D eigenvalue weighted by Crippen LogP contribution is -2.01. The molecular formula is C8H6Cl2N4. The van der Waals surface area contributed by atoms with Gasteiger partial charge in [-0.05, 0) is 12.1 Å². The summed E-state index contributed by atoms with van der Waals surface area (Å²) in [4.78, 5) is 7.77. The first-order valence-corrected chi connectivity index (χ1v) is 4.52. The summed E-state index contributed by atoms with van der Waals surface area (Å²) in [5.74, 6) is 0.319. The van der Waals surface area contributed by atoms with Crippen LogP contribution in [0.25, 0.3) is 10.9 Å². The molecule has 0 saturated carbocycles. The van der Waals surface area contributed by atoms with Gasteiger partial charge in [-0.25, -0.2) is 4.98 Å². The number of hydrogen-bond acceptors (Lipinski definition) is 4. The number of rotatable bonds is 0. The van der Waals surface area contributed by atoms with Gasteiger partial charge in [0.2, 0.25) is 5.95 Å². The largest absolute Gasteiger partial charge is 0.383 e. The van der Waals surface area contributed by atoms with Crippen molar-refractivity contribution in [3.63, 3.8) is 0 Å². The zero-order valence-corrected chi connectivity index (χ0v) is 8.47. The molecule has 0 fully saturated rings. The highest BCUT2D eigenvalue weighted by atomic mass is 35.5. The highest BCUT2D eigenvalue weighted by Gasteiger charge is 2.09. The number of benzene rings is 1. The van der Waals surface area contributed by atoms with Crippen molar-refractivity contribution in [1.29, 1.82) is 0 Å². The third-order valence-electron chi connectivity index (χ3n) is 1.80. The number of fused-ring (bicyclic) bond motifs is 1. The Labute approximate surface area is 89.8 Å². The van der Waals surface area contributed by atoms with E-state index in [2.05, 4.69) is 9.97 Å². The number of aromatic nitrogens is 2. The van der Waals surface area contributed by atoms with Crippen molar-refractivity contribution in [2.45, 2.75) is 0 Å². The smallest absolute Gasteiger partial charge is 0.222 e. The second-order valence-corrected chi connectivity index (χ2v) is 3.53. The molecule has 0 spiro atoms. The maximum absolute atomic E-state index is 5.93. The Hall–Kier alpha value is -1.26. The third-order valence-corrected chi connectivity index (χ3v) is 2.42. The Morgan fingerprint density at radius 3 is 2.36 bits per heavy atom. The van der Waals surface area contributed by atoms with E-state index < -0.39 is 0 Å². The average Bonchev–Trinajstić information content (AvgIpc) is 2.10. The number of anilines is 2. The zero-order chi connectivity index (χ0) is 10.3. The number of hydrogen-bond donors (Lipinski definition) is 2. The maximum Gasteiger partial charge on any atom is 0.222 e. The number of nitrogen functional groups attached to an aromatic ring is 2. The van der Waals surface area contributed by atoms with E-state index in [-0.39, 0.29) is 11.8 Å². The van der Waals surface area contributed by atoms with Crippen molar-refractivity contribution in [2.75, 3.05) is 11.5 Å². The van der Waals surface area contributed by atoms with Crippen LogP contribution in [-0.2, 0) is 0 Å². The summed E-state index contributed by atoms with van der Waals surface area (Å²) in [7, 11) is 0. The van der Waals surface area contributed by atoms with E-state index in [4.69, 9.17) is 34.7 Å². The fraction of sp³-hybridized carbons (Fsp3) is 0. The van der Waals surface area contributed by atoms with Gasteiger partial charge in [-0.2, -0.15) is 4.98 Å². The Bertz CT molecular complexity index is 512. The van der Waals surface area contributed by atoms with E-state index in [1.807, 2.05) is 0 Å². The van der Waals surface area contributed by atoms with Crippen LogP contribution in [0.1, 0.15) is 0 Å². The Kier molecular flexibility index (Phi) is 2.09. The standard InChI is InChI=1S/C8H6Cl2N4/c9-3-1-2-4(10)6-5(3)7(11)14-8(12)13-6/h1-2H,(H4,11,12,13,14). The van der Waals surface area contributed by atoms with Crippen molar-refractivity contribution in [1.82, 2.24) is 9.97 Å². The molecule has 0 aliphatic carbocycles. The quantitative estimate of drug-likeness (QED) is 0.725. The van der Waals surface area contributed by atoms with Crippen LogP contribution >= 0.6 is 23.2 Å². The maximum atomic E-state index is 5.93. The van der Waals surface area contributed by atoms with Crippen LogP contribution < -0.4 is 11.5 Å². The fourth-order valence-electron chi connectivity index (χ4n) is 1.21. The molecule has 0 aliphatic heterocycles. The molecule has 1 aromatic carbocycles. The van der Waals surface area contributed by atoms with Crippen molar-refractivity contribution >= 4 is 45.9 Å². The first-order valence-electron chi connectivity index (χ1n) is 3.76. The lowest BCUT2D eigenvalue weighted by atomic mass is 10.2. The van der Waals surface area contributed by atoms with Crippen molar-refractivity contribution in [2.24, 2.45) is 0 Å². The van der Waals surface area contributed by atoms with Crippen molar-refractivity contribution < 1.29 is 0 Å². The molecule has 72 valence electrons. The lowest BCUT2D eigenvalue weighted by Gasteiger charge is -2.05. The van der Waals surface area contributed by atoms with E-state index in [0.717, 1.165) is 0 Å². The predicted molar refractivity (Wildman–Crippen MR) is 58.4 cm³/mol. The summed E-state index contributed by atoms with van der Waals surface area (Å²) in [6, 6.07) is 3.28. The van der Waals surface area contributed by atoms with Crippen LogP contribution in [0, 0.1) is 0 Å². The Morgan fingerprint density at radius 1 is 1.00 bits per heavy atom. The third kappa shape index (κ3) is 1.32. The monoisotopic (exact) mass is 228 g/mol. The van der Waals surface area contributed by atoms with Gasteiger partial charge < -0.3 is 11.5 Å². The summed E-state index contributed by atoms with van der Waals surface area (Å²) < 4.78 is 0. The second-order valence-electron chi connectivity index (χ2n) is 2.72. The summed E-state index contributed by atoms with van der Waals surface area (Å²) >= 11 is 11.8. The minimum absolute atomic E-state index is 0.0826. The van der Waals surface area contributed by atoms with Crippen LogP contribution in [0.2, 0.25) is 10.0 Å². The van der Waals surface area contributed by atoms with E-state index >= 15 is 0 Å². The molecule has 0 aliphatic rings. The molecule has 0 saturated heterocycles. The SMILES string of the molecule is Nc1nc(N)c2c(Cl)ccc(Cl)c2n1. The van der Waals surface area contributed by atoms with Gasteiger partial charge in [0.15, 0.2) is 0 Å². The summed E-state index contributed by atoms with van der Waals surface area (Å²) in [5, 5.41) is 1.44. The van der Waals surface area contributed by atoms with Crippen LogP contribution in [0.15, 0.2) is 12.1 Å². The van der Waals surface area contributed by atoms with E-state index in [0.29, 0.717) is 20.9 Å². The molecule has 1 heterocycles. The number of halogens is 2. The van der Waals surface area contributed by atoms with Gasteiger partial charge in [0.05, 0.1) is 20.9 Å². The van der Waals surface area contributed by atoms with E-state index in [1.165, 1.54) is 0 Å². The van der Waals surface area contributed by atoms with E-state index in [1.54, 1.807) is 12.1 Å². The van der Waals surface area contributed by atoms with Gasteiger partial charge in [0.1, 0.15) is 5.82 Å². The molecule has 0 unspecified atom stereocenters. The fourth-order valence-corrected chi connectivity index (χ4v) is 1.66. The summed E-state index contributed by atoms with van der Waals surface area (Å²) in [6.45, 7) is 0. The minimum atomic E-state index is 0.0826. The van der Waals surface area contributed by atoms with Gasteiger partial charge in [-0.3, -0.25) is 0 Å². The van der Waals surface area contributed by atoms with E-state index in [9.17, 15) is 0 Å². The number of nitrogens with zero attached hydrogens (tertiary/aromatic N) is 2. The van der Waals surface area contributed by atoms with Gasteiger partial charge in [-0.1, -0.05) is 23.2 Å². The molecule has 4 nitrogen and oxygen atoms in total. The minimum Gasteiger partial charge on any atom is -0.383 e. The van der Waals surface area contributed by atoms with Crippen LogP contribution in [0.5, 0.6) is 0 Å². The van der Waals surface area contributed by atoms with Crippen LogP contribution in [0.4, 0.5) is 11.8 Å². The van der Waals surface area contributed by atoms with Gasteiger partial charge >= 0.3 is 0 Å². The molecule has 6 heteroatoms. The topological polar surface area (TPSA) is 77.8 Å². The van der Waals surface area contributed by atoms with Gasteiger partial charge in [0.25, 0.3) is 0 Å². The molecule has 0 radical (unpaired) electrons. The molecule has 14 heavy (non-hydrogen) atoms.